The topological polar surface area (TPSA) is 52.3 Å². The lowest BCUT2D eigenvalue weighted by Gasteiger charge is -2.21. The van der Waals surface area contributed by atoms with Crippen LogP contribution in [0.3, 0.4) is 0 Å². The molecule has 0 saturated carbocycles. The summed E-state index contributed by atoms with van der Waals surface area (Å²) in [5.74, 6) is 0.138. The number of esters is 1. The van der Waals surface area contributed by atoms with E-state index in [1.165, 1.54) is 0 Å². The lowest BCUT2D eigenvalue weighted by atomic mass is 10.0. The fraction of sp³-hybridized carbons (Fsp3) is 0.900. The maximum absolute atomic E-state index is 11.3. The first-order valence-corrected chi connectivity index (χ1v) is 4.71. The second-order valence-electron chi connectivity index (χ2n) is 4.60. The van der Waals surface area contributed by atoms with Crippen molar-refractivity contribution in [2.75, 3.05) is 0 Å². The minimum absolute atomic E-state index is 0.0325. The van der Waals surface area contributed by atoms with Crippen LogP contribution in [0, 0.1) is 5.92 Å². The summed E-state index contributed by atoms with van der Waals surface area (Å²) in [6.07, 6.45) is 0.235. The molecule has 0 aromatic carbocycles. The second-order valence-corrected chi connectivity index (χ2v) is 4.60. The van der Waals surface area contributed by atoms with E-state index in [0.717, 1.165) is 0 Å². The van der Waals surface area contributed by atoms with Crippen molar-refractivity contribution in [1.82, 2.24) is 0 Å². The molecule has 1 unspecified atom stereocenters. The van der Waals surface area contributed by atoms with Gasteiger partial charge in [0.25, 0.3) is 0 Å². The first kappa shape index (κ1) is 12.4. The van der Waals surface area contributed by atoms with E-state index in [2.05, 4.69) is 0 Å². The van der Waals surface area contributed by atoms with Gasteiger partial charge in [-0.1, -0.05) is 13.8 Å². The minimum atomic E-state index is -0.478. The fourth-order valence-corrected chi connectivity index (χ4v) is 0.757. The molecule has 0 aliphatic rings. The van der Waals surface area contributed by atoms with Gasteiger partial charge in [0.05, 0.1) is 6.42 Å². The Morgan fingerprint density at radius 2 is 1.85 bits per heavy atom. The van der Waals surface area contributed by atoms with Gasteiger partial charge in [0.2, 0.25) is 0 Å². The Labute approximate surface area is 80.6 Å². The Bertz CT molecular complexity index is 170. The molecule has 0 bridgehead atoms. The standard InChI is InChI=1S/C10H21NO2/c1-7(2)8(3)13-9(12)6-10(4,5)11/h7-8H,6,11H2,1-5H3. The van der Waals surface area contributed by atoms with Crippen molar-refractivity contribution >= 4 is 5.97 Å². The van der Waals surface area contributed by atoms with Crippen molar-refractivity contribution in [3.05, 3.63) is 0 Å². The Morgan fingerprint density at radius 3 is 2.15 bits per heavy atom. The summed E-state index contributed by atoms with van der Waals surface area (Å²) < 4.78 is 5.17. The number of ether oxygens (including phenoxy) is 1. The first-order chi connectivity index (χ1) is 5.72. The zero-order chi connectivity index (χ0) is 10.6. The Morgan fingerprint density at radius 1 is 1.38 bits per heavy atom. The Kier molecular flexibility index (Phi) is 4.40. The van der Waals surface area contributed by atoms with Crippen LogP contribution in [-0.2, 0) is 9.53 Å². The smallest absolute Gasteiger partial charge is 0.307 e. The molecule has 0 aliphatic carbocycles. The maximum Gasteiger partial charge on any atom is 0.307 e. The van der Waals surface area contributed by atoms with Gasteiger partial charge >= 0.3 is 5.97 Å². The van der Waals surface area contributed by atoms with Crippen LogP contribution in [0.25, 0.3) is 0 Å². The number of carbonyl (C=O) groups excluding carboxylic acids is 1. The number of rotatable bonds is 4. The molecule has 3 heteroatoms. The van der Waals surface area contributed by atoms with E-state index in [1.807, 2.05) is 34.6 Å². The Hall–Kier alpha value is -0.570. The lowest BCUT2D eigenvalue weighted by molar-refractivity contribution is -0.151. The van der Waals surface area contributed by atoms with Crippen LogP contribution in [-0.4, -0.2) is 17.6 Å². The molecule has 0 aliphatic heterocycles. The van der Waals surface area contributed by atoms with Gasteiger partial charge in [-0.3, -0.25) is 4.79 Å². The van der Waals surface area contributed by atoms with Crippen LogP contribution in [0.4, 0.5) is 0 Å². The molecule has 0 aromatic heterocycles. The van der Waals surface area contributed by atoms with E-state index in [9.17, 15) is 4.79 Å². The molecule has 78 valence electrons. The molecule has 0 saturated heterocycles. The third kappa shape index (κ3) is 6.58. The van der Waals surface area contributed by atoms with E-state index in [4.69, 9.17) is 10.5 Å². The second kappa shape index (κ2) is 4.61. The third-order valence-electron chi connectivity index (χ3n) is 1.86. The molecular formula is C10H21NO2. The average Bonchev–Trinajstić information content (AvgIpc) is 1.81. The SMILES string of the molecule is CC(C)C(C)OC(=O)CC(C)(C)N. The van der Waals surface area contributed by atoms with Gasteiger partial charge in [0.1, 0.15) is 6.10 Å². The van der Waals surface area contributed by atoms with Crippen LogP contribution in [0.15, 0.2) is 0 Å². The van der Waals surface area contributed by atoms with Crippen LogP contribution in [0.5, 0.6) is 0 Å². The highest BCUT2D eigenvalue weighted by Gasteiger charge is 2.20. The summed E-state index contributed by atoms with van der Waals surface area (Å²) in [5, 5.41) is 0. The van der Waals surface area contributed by atoms with Gasteiger partial charge in [-0.05, 0) is 26.7 Å². The van der Waals surface area contributed by atoms with Crippen molar-refractivity contribution in [1.29, 1.82) is 0 Å². The molecule has 0 spiro atoms. The summed E-state index contributed by atoms with van der Waals surface area (Å²) in [6.45, 7) is 9.56. The number of nitrogens with two attached hydrogens (primary N) is 1. The van der Waals surface area contributed by atoms with Crippen LogP contribution >= 0.6 is 0 Å². The molecule has 0 fully saturated rings. The monoisotopic (exact) mass is 187 g/mol. The molecule has 0 amide bonds. The molecule has 0 rings (SSSR count). The van der Waals surface area contributed by atoms with E-state index < -0.39 is 5.54 Å². The van der Waals surface area contributed by atoms with Crippen molar-refractivity contribution in [3.8, 4) is 0 Å². The van der Waals surface area contributed by atoms with Gasteiger partial charge in [0.15, 0.2) is 0 Å². The van der Waals surface area contributed by atoms with Gasteiger partial charge in [-0.25, -0.2) is 0 Å². The number of carbonyl (C=O) groups is 1. The quantitative estimate of drug-likeness (QED) is 0.681. The highest BCUT2D eigenvalue weighted by Crippen LogP contribution is 2.10. The average molecular weight is 187 g/mol. The summed E-state index contributed by atoms with van der Waals surface area (Å²) in [7, 11) is 0. The van der Waals surface area contributed by atoms with Crippen LogP contribution in [0.1, 0.15) is 41.0 Å². The summed E-state index contributed by atoms with van der Waals surface area (Å²) in [4.78, 5) is 11.3. The Balaban J connectivity index is 3.89. The predicted octanol–water partition coefficient (Wildman–Crippen LogP) is 1.70. The number of hydrogen-bond acceptors (Lipinski definition) is 3. The lowest BCUT2D eigenvalue weighted by Crippen LogP contribution is -2.36. The molecule has 0 heterocycles. The predicted molar refractivity (Wildman–Crippen MR) is 53.3 cm³/mol. The molecule has 0 radical (unpaired) electrons. The van der Waals surface area contributed by atoms with Gasteiger partial charge in [-0.15, -0.1) is 0 Å². The molecule has 0 aromatic rings. The molecular weight excluding hydrogens is 166 g/mol. The maximum atomic E-state index is 11.3. The summed E-state index contributed by atoms with van der Waals surface area (Å²) in [6, 6.07) is 0. The molecule has 2 N–H and O–H groups in total. The van der Waals surface area contributed by atoms with Crippen molar-refractivity contribution in [2.45, 2.75) is 52.7 Å². The van der Waals surface area contributed by atoms with Crippen LogP contribution in [0.2, 0.25) is 0 Å². The normalized spacial score (nSPS) is 14.4. The van der Waals surface area contributed by atoms with Crippen molar-refractivity contribution in [3.63, 3.8) is 0 Å². The van der Waals surface area contributed by atoms with Gasteiger partial charge in [0, 0.05) is 5.54 Å². The largest absolute Gasteiger partial charge is 0.462 e. The van der Waals surface area contributed by atoms with E-state index in [-0.39, 0.29) is 18.5 Å². The highest BCUT2D eigenvalue weighted by atomic mass is 16.5. The van der Waals surface area contributed by atoms with E-state index in [1.54, 1.807) is 0 Å². The van der Waals surface area contributed by atoms with Gasteiger partial charge < -0.3 is 10.5 Å². The van der Waals surface area contributed by atoms with Crippen LogP contribution < -0.4 is 5.73 Å². The molecule has 13 heavy (non-hydrogen) atoms. The molecule has 1 atom stereocenters. The fourth-order valence-electron chi connectivity index (χ4n) is 0.757. The zero-order valence-electron chi connectivity index (χ0n) is 9.26. The van der Waals surface area contributed by atoms with E-state index >= 15 is 0 Å². The summed E-state index contributed by atoms with van der Waals surface area (Å²) in [5.41, 5.74) is 5.21. The number of hydrogen-bond donors (Lipinski definition) is 1. The van der Waals surface area contributed by atoms with Crippen molar-refractivity contribution < 1.29 is 9.53 Å². The highest BCUT2D eigenvalue weighted by molar-refractivity contribution is 5.70. The molecule has 3 nitrogen and oxygen atoms in total. The third-order valence-corrected chi connectivity index (χ3v) is 1.86. The van der Waals surface area contributed by atoms with Crippen molar-refractivity contribution in [2.24, 2.45) is 11.7 Å². The van der Waals surface area contributed by atoms with E-state index in [0.29, 0.717) is 5.92 Å². The summed E-state index contributed by atoms with van der Waals surface area (Å²) >= 11 is 0. The van der Waals surface area contributed by atoms with Gasteiger partial charge in [-0.2, -0.15) is 0 Å². The minimum Gasteiger partial charge on any atom is -0.462 e. The zero-order valence-corrected chi connectivity index (χ0v) is 9.26. The first-order valence-electron chi connectivity index (χ1n) is 4.71.